The van der Waals surface area contributed by atoms with Gasteiger partial charge in [-0.2, -0.15) is 13.2 Å². The fraction of sp³-hybridized carbons (Fsp3) is 0.0952. The van der Waals surface area contributed by atoms with Gasteiger partial charge in [0, 0.05) is 5.69 Å². The highest BCUT2D eigenvalue weighted by molar-refractivity contribution is 6.39. The van der Waals surface area contributed by atoms with Crippen LogP contribution in [-0.4, -0.2) is 18.0 Å². The standard InChI is InChI=1S/C21H16F3N3O3/c22-21(23,24)14-5-4-8-16(11-14)25-12-17-9-10-18(30-17)13-26-19(28)20(29)27-15-6-2-1-3-7-15/h1-12H,13H2,(H,26,28)(H,27,29). The topological polar surface area (TPSA) is 83.7 Å². The SMILES string of the molecule is O=C(NCc1ccc(C=Nc2cccc(C(F)(F)F)c2)o1)C(=O)Nc1ccccc1. The molecule has 154 valence electrons. The van der Waals surface area contributed by atoms with Gasteiger partial charge in [0.05, 0.1) is 24.0 Å². The maximum Gasteiger partial charge on any atom is 0.416 e. The van der Waals surface area contributed by atoms with E-state index in [0.717, 1.165) is 12.1 Å². The molecule has 0 fully saturated rings. The summed E-state index contributed by atoms with van der Waals surface area (Å²) < 4.78 is 43.6. The molecule has 0 atom stereocenters. The Morgan fingerprint density at radius 3 is 2.47 bits per heavy atom. The van der Waals surface area contributed by atoms with Gasteiger partial charge in [-0.15, -0.1) is 0 Å². The van der Waals surface area contributed by atoms with E-state index in [1.165, 1.54) is 18.3 Å². The van der Waals surface area contributed by atoms with Gasteiger partial charge in [0.2, 0.25) is 0 Å². The highest BCUT2D eigenvalue weighted by atomic mass is 19.4. The van der Waals surface area contributed by atoms with Gasteiger partial charge in [0.25, 0.3) is 0 Å². The molecule has 0 aliphatic rings. The summed E-state index contributed by atoms with van der Waals surface area (Å²) in [5.74, 6) is -1.03. The highest BCUT2D eigenvalue weighted by Crippen LogP contribution is 2.31. The number of alkyl halides is 3. The molecule has 3 rings (SSSR count). The maximum absolute atomic E-state index is 12.7. The fourth-order valence-corrected chi connectivity index (χ4v) is 2.42. The van der Waals surface area contributed by atoms with E-state index in [9.17, 15) is 22.8 Å². The molecule has 2 amide bonds. The second-order valence-electron chi connectivity index (χ2n) is 6.11. The number of carbonyl (C=O) groups excluding carboxylic acids is 2. The number of nitrogens with one attached hydrogen (secondary N) is 2. The number of carbonyl (C=O) groups is 2. The number of hydrogen-bond acceptors (Lipinski definition) is 4. The van der Waals surface area contributed by atoms with Crippen LogP contribution in [0.1, 0.15) is 17.1 Å². The molecule has 0 saturated heterocycles. The Kier molecular flexibility index (Phi) is 6.31. The quantitative estimate of drug-likeness (QED) is 0.481. The smallest absolute Gasteiger partial charge is 0.416 e. The van der Waals surface area contributed by atoms with Gasteiger partial charge in [-0.25, -0.2) is 0 Å². The molecule has 0 bridgehead atoms. The van der Waals surface area contributed by atoms with Crippen LogP contribution >= 0.6 is 0 Å². The van der Waals surface area contributed by atoms with E-state index in [4.69, 9.17) is 4.42 Å². The van der Waals surface area contributed by atoms with E-state index in [-0.39, 0.29) is 18.0 Å². The molecule has 3 aromatic rings. The van der Waals surface area contributed by atoms with Crippen LogP contribution in [0.2, 0.25) is 0 Å². The normalized spacial score (nSPS) is 11.4. The zero-order valence-corrected chi connectivity index (χ0v) is 15.4. The van der Waals surface area contributed by atoms with Crippen molar-refractivity contribution >= 4 is 29.4 Å². The molecule has 0 spiro atoms. The molecule has 0 aliphatic heterocycles. The first kappa shape index (κ1) is 20.8. The zero-order chi connectivity index (χ0) is 21.6. The molecule has 0 unspecified atom stereocenters. The minimum Gasteiger partial charge on any atom is -0.458 e. The number of halogens is 3. The van der Waals surface area contributed by atoms with E-state index < -0.39 is 23.6 Å². The van der Waals surface area contributed by atoms with Crippen molar-refractivity contribution in [3.63, 3.8) is 0 Å². The van der Waals surface area contributed by atoms with Gasteiger partial charge in [-0.1, -0.05) is 24.3 Å². The lowest BCUT2D eigenvalue weighted by molar-refractivity contribution is -0.137. The Morgan fingerprint density at radius 2 is 1.73 bits per heavy atom. The van der Waals surface area contributed by atoms with Gasteiger partial charge in [-0.05, 0) is 42.5 Å². The van der Waals surface area contributed by atoms with Gasteiger partial charge in [0.1, 0.15) is 11.5 Å². The van der Waals surface area contributed by atoms with Crippen LogP contribution in [0.25, 0.3) is 0 Å². The van der Waals surface area contributed by atoms with E-state index in [2.05, 4.69) is 15.6 Å². The predicted octanol–water partition coefficient (Wildman–Crippen LogP) is 4.30. The molecule has 6 nitrogen and oxygen atoms in total. The van der Waals surface area contributed by atoms with Crippen LogP contribution < -0.4 is 10.6 Å². The number of amides is 2. The largest absolute Gasteiger partial charge is 0.458 e. The lowest BCUT2D eigenvalue weighted by atomic mass is 10.2. The molecule has 9 heteroatoms. The number of anilines is 1. The Labute approximate surface area is 169 Å². The van der Waals surface area contributed by atoms with Crippen molar-refractivity contribution in [2.45, 2.75) is 12.7 Å². The molecule has 1 heterocycles. The van der Waals surface area contributed by atoms with Gasteiger partial charge < -0.3 is 15.1 Å². The third-order valence-corrected chi connectivity index (χ3v) is 3.86. The number of hydrogen-bond donors (Lipinski definition) is 2. The summed E-state index contributed by atoms with van der Waals surface area (Å²) in [5.41, 5.74) is -0.189. The maximum atomic E-state index is 12.7. The highest BCUT2D eigenvalue weighted by Gasteiger charge is 2.30. The number of benzene rings is 2. The molecule has 0 radical (unpaired) electrons. The van der Waals surface area contributed by atoms with Gasteiger partial charge in [-0.3, -0.25) is 14.6 Å². The molecular formula is C21H16F3N3O3. The van der Waals surface area contributed by atoms with Crippen molar-refractivity contribution in [3.8, 4) is 0 Å². The Balaban J connectivity index is 1.54. The number of rotatable bonds is 5. The number of nitrogens with zero attached hydrogens (tertiary/aromatic N) is 1. The van der Waals surface area contributed by atoms with Crippen LogP contribution in [0.3, 0.4) is 0 Å². The summed E-state index contributed by atoms with van der Waals surface area (Å²) in [6.45, 7) is -0.0432. The van der Waals surface area contributed by atoms with Crippen LogP contribution in [0.4, 0.5) is 24.5 Å². The van der Waals surface area contributed by atoms with E-state index in [0.29, 0.717) is 11.4 Å². The van der Waals surface area contributed by atoms with Crippen LogP contribution in [-0.2, 0) is 22.3 Å². The average molecular weight is 415 g/mol. The molecule has 30 heavy (non-hydrogen) atoms. The minimum absolute atomic E-state index is 0.0432. The summed E-state index contributed by atoms with van der Waals surface area (Å²) in [4.78, 5) is 27.7. The number of furan rings is 1. The van der Waals surface area contributed by atoms with Crippen molar-refractivity contribution in [1.29, 1.82) is 0 Å². The minimum atomic E-state index is -4.45. The average Bonchev–Trinajstić information content (AvgIpc) is 3.18. The first-order chi connectivity index (χ1) is 14.3. The Morgan fingerprint density at radius 1 is 0.967 bits per heavy atom. The van der Waals surface area contributed by atoms with Gasteiger partial charge in [0.15, 0.2) is 0 Å². The van der Waals surface area contributed by atoms with E-state index in [1.807, 2.05) is 0 Å². The molecule has 2 N–H and O–H groups in total. The molecule has 1 aromatic heterocycles. The summed E-state index contributed by atoms with van der Waals surface area (Å²) in [6.07, 6.45) is -3.18. The van der Waals surface area contributed by atoms with Crippen molar-refractivity contribution < 1.29 is 27.2 Å². The molecular weight excluding hydrogens is 399 g/mol. The fourth-order valence-electron chi connectivity index (χ4n) is 2.42. The zero-order valence-electron chi connectivity index (χ0n) is 15.4. The lowest BCUT2D eigenvalue weighted by Gasteiger charge is -2.06. The summed E-state index contributed by atoms with van der Waals surface area (Å²) in [5, 5.41) is 4.87. The number of para-hydroxylation sites is 1. The van der Waals surface area contributed by atoms with E-state index in [1.54, 1.807) is 42.5 Å². The van der Waals surface area contributed by atoms with Crippen LogP contribution in [0, 0.1) is 0 Å². The first-order valence-corrected chi connectivity index (χ1v) is 8.75. The summed E-state index contributed by atoms with van der Waals surface area (Å²) >= 11 is 0. The van der Waals surface area contributed by atoms with Crippen molar-refractivity contribution in [2.24, 2.45) is 4.99 Å². The second-order valence-corrected chi connectivity index (χ2v) is 6.11. The monoisotopic (exact) mass is 415 g/mol. The third kappa shape index (κ3) is 5.81. The predicted molar refractivity (Wildman–Crippen MR) is 104 cm³/mol. The Hall–Kier alpha value is -3.88. The lowest BCUT2D eigenvalue weighted by Crippen LogP contribution is -2.34. The van der Waals surface area contributed by atoms with Crippen molar-refractivity contribution in [3.05, 3.63) is 83.8 Å². The van der Waals surface area contributed by atoms with Crippen molar-refractivity contribution in [2.75, 3.05) is 5.32 Å². The Bertz CT molecular complexity index is 1060. The van der Waals surface area contributed by atoms with Crippen LogP contribution in [0.5, 0.6) is 0 Å². The summed E-state index contributed by atoms with van der Waals surface area (Å²) in [7, 11) is 0. The van der Waals surface area contributed by atoms with Crippen LogP contribution in [0.15, 0.2) is 76.1 Å². The summed E-state index contributed by atoms with van der Waals surface area (Å²) in [6, 6.07) is 16.2. The molecule has 2 aromatic carbocycles. The second kappa shape index (κ2) is 9.08. The molecule has 0 saturated carbocycles. The number of aliphatic imine (C=N–C) groups is 1. The van der Waals surface area contributed by atoms with Gasteiger partial charge >= 0.3 is 18.0 Å². The first-order valence-electron chi connectivity index (χ1n) is 8.75. The van der Waals surface area contributed by atoms with Crippen molar-refractivity contribution in [1.82, 2.24) is 5.32 Å². The third-order valence-electron chi connectivity index (χ3n) is 3.86. The van der Waals surface area contributed by atoms with E-state index >= 15 is 0 Å². The molecule has 0 aliphatic carbocycles.